The van der Waals surface area contributed by atoms with E-state index in [0.29, 0.717) is 15.4 Å². The molecular weight excluding hydrogens is 474 g/mol. The number of ether oxygens (including phenoxy) is 2. The molecule has 0 saturated carbocycles. The van der Waals surface area contributed by atoms with Crippen molar-refractivity contribution < 1.29 is 19.1 Å². The van der Waals surface area contributed by atoms with Gasteiger partial charge in [-0.05, 0) is 39.9 Å². The number of carbonyl (C=O) groups excluding carboxylic acids is 2. The van der Waals surface area contributed by atoms with Gasteiger partial charge in [-0.25, -0.2) is 14.6 Å². The molecule has 4 aromatic rings. The Morgan fingerprint density at radius 3 is 2.25 bits per heavy atom. The van der Waals surface area contributed by atoms with Crippen molar-refractivity contribution in [3.05, 3.63) is 100 Å². The SMILES string of the molecule is COC(=O)c1nc(CNC(=O)OCC2c3ccccc3-c3ccccc32)sc1-c1ccc(C#N)cc1. The van der Waals surface area contributed by atoms with Crippen LogP contribution in [-0.4, -0.2) is 30.8 Å². The number of aromatic nitrogens is 1. The topological polar surface area (TPSA) is 101 Å². The first-order chi connectivity index (χ1) is 17.6. The summed E-state index contributed by atoms with van der Waals surface area (Å²) in [6, 6.07) is 25.2. The van der Waals surface area contributed by atoms with Crippen molar-refractivity contribution in [2.24, 2.45) is 0 Å². The summed E-state index contributed by atoms with van der Waals surface area (Å²) >= 11 is 1.27. The molecule has 1 aliphatic rings. The van der Waals surface area contributed by atoms with Crippen LogP contribution in [0.15, 0.2) is 72.8 Å². The second kappa shape index (κ2) is 10.0. The monoisotopic (exact) mass is 495 g/mol. The molecule has 0 bridgehead atoms. The molecule has 0 fully saturated rings. The second-order valence-corrected chi connectivity index (χ2v) is 9.23. The van der Waals surface area contributed by atoms with Crippen LogP contribution in [0.2, 0.25) is 0 Å². The number of nitrogens with zero attached hydrogens (tertiary/aromatic N) is 2. The Kier molecular flexibility index (Phi) is 6.48. The Labute approximate surface area is 212 Å². The molecule has 178 valence electrons. The van der Waals surface area contributed by atoms with Gasteiger partial charge in [-0.2, -0.15) is 5.26 Å². The lowest BCUT2D eigenvalue weighted by molar-refractivity contribution is 0.0595. The third-order valence-electron chi connectivity index (χ3n) is 6.05. The number of nitrogens with one attached hydrogen (secondary N) is 1. The molecule has 1 heterocycles. The lowest BCUT2D eigenvalue weighted by Crippen LogP contribution is -2.25. The van der Waals surface area contributed by atoms with Crippen molar-refractivity contribution in [3.63, 3.8) is 0 Å². The summed E-state index contributed by atoms with van der Waals surface area (Å²) in [5.41, 5.74) is 6.02. The number of nitriles is 1. The molecule has 1 N–H and O–H groups in total. The van der Waals surface area contributed by atoms with E-state index in [1.807, 2.05) is 24.3 Å². The van der Waals surface area contributed by atoms with Crippen LogP contribution < -0.4 is 5.32 Å². The normalized spacial score (nSPS) is 11.8. The van der Waals surface area contributed by atoms with E-state index in [0.717, 1.165) is 27.8 Å². The number of benzene rings is 3. The highest BCUT2D eigenvalue weighted by Crippen LogP contribution is 2.44. The van der Waals surface area contributed by atoms with Gasteiger partial charge in [0.25, 0.3) is 0 Å². The highest BCUT2D eigenvalue weighted by atomic mass is 32.1. The lowest BCUT2D eigenvalue weighted by Gasteiger charge is -2.14. The summed E-state index contributed by atoms with van der Waals surface area (Å²) in [7, 11) is 1.29. The smallest absolute Gasteiger partial charge is 0.407 e. The average molecular weight is 496 g/mol. The minimum absolute atomic E-state index is 0.0306. The Balaban J connectivity index is 1.27. The van der Waals surface area contributed by atoms with Crippen LogP contribution in [0, 0.1) is 11.3 Å². The Bertz CT molecular complexity index is 1440. The number of thiazole rings is 1. The number of esters is 1. The van der Waals surface area contributed by atoms with Crippen LogP contribution in [0.25, 0.3) is 21.6 Å². The number of hydrogen-bond donors (Lipinski definition) is 1. The maximum Gasteiger partial charge on any atom is 0.407 e. The van der Waals surface area contributed by atoms with E-state index in [2.05, 4.69) is 40.6 Å². The fourth-order valence-corrected chi connectivity index (χ4v) is 5.36. The number of fused-ring (bicyclic) bond motifs is 3. The summed E-state index contributed by atoms with van der Waals surface area (Å²) in [5.74, 6) is -0.602. The van der Waals surface area contributed by atoms with E-state index < -0.39 is 12.1 Å². The first kappa shape index (κ1) is 23.3. The maximum absolute atomic E-state index is 12.5. The van der Waals surface area contributed by atoms with E-state index in [4.69, 9.17) is 14.7 Å². The van der Waals surface area contributed by atoms with Crippen molar-refractivity contribution in [2.45, 2.75) is 12.5 Å². The summed E-state index contributed by atoms with van der Waals surface area (Å²) in [6.07, 6.45) is -0.563. The highest BCUT2D eigenvalue weighted by molar-refractivity contribution is 7.15. The molecular formula is C28H21N3O4S. The number of rotatable bonds is 6. The van der Waals surface area contributed by atoms with E-state index in [1.165, 1.54) is 18.4 Å². The van der Waals surface area contributed by atoms with Crippen molar-refractivity contribution in [2.75, 3.05) is 13.7 Å². The predicted octanol–water partition coefficient (Wildman–Crippen LogP) is 5.51. The molecule has 0 aliphatic heterocycles. The Hall–Kier alpha value is -4.48. The molecule has 36 heavy (non-hydrogen) atoms. The quantitative estimate of drug-likeness (QED) is 0.354. The fourth-order valence-electron chi connectivity index (χ4n) is 4.36. The van der Waals surface area contributed by atoms with Crippen LogP contribution in [0.1, 0.15) is 38.1 Å². The third-order valence-corrected chi connectivity index (χ3v) is 7.16. The number of hydrogen-bond acceptors (Lipinski definition) is 7. The van der Waals surface area contributed by atoms with E-state index >= 15 is 0 Å². The molecule has 8 heteroatoms. The molecule has 1 aromatic heterocycles. The van der Waals surface area contributed by atoms with Gasteiger partial charge in [0.2, 0.25) is 0 Å². The van der Waals surface area contributed by atoms with Gasteiger partial charge in [-0.1, -0.05) is 60.7 Å². The molecule has 3 aromatic carbocycles. The third kappa shape index (κ3) is 4.44. The average Bonchev–Trinajstić information content (AvgIpc) is 3.50. The van der Waals surface area contributed by atoms with Crippen LogP contribution in [0.5, 0.6) is 0 Å². The van der Waals surface area contributed by atoms with Crippen LogP contribution in [-0.2, 0) is 16.0 Å². The Morgan fingerprint density at radius 1 is 1.00 bits per heavy atom. The van der Waals surface area contributed by atoms with E-state index in [1.54, 1.807) is 24.3 Å². The molecule has 0 atom stereocenters. The first-order valence-electron chi connectivity index (χ1n) is 11.3. The Morgan fingerprint density at radius 2 is 1.64 bits per heavy atom. The first-order valence-corrected chi connectivity index (χ1v) is 12.1. The number of carbonyl (C=O) groups is 2. The fraction of sp³-hybridized carbons (Fsp3) is 0.143. The minimum Gasteiger partial charge on any atom is -0.464 e. The summed E-state index contributed by atoms with van der Waals surface area (Å²) in [6.45, 7) is 0.309. The molecule has 0 spiro atoms. The summed E-state index contributed by atoms with van der Waals surface area (Å²) < 4.78 is 10.5. The van der Waals surface area contributed by atoms with Crippen molar-refractivity contribution in [1.29, 1.82) is 5.26 Å². The molecule has 1 aliphatic carbocycles. The van der Waals surface area contributed by atoms with Crippen molar-refractivity contribution in [3.8, 4) is 27.6 Å². The van der Waals surface area contributed by atoms with Gasteiger partial charge >= 0.3 is 12.1 Å². The lowest BCUT2D eigenvalue weighted by atomic mass is 9.98. The molecule has 5 rings (SSSR count). The van der Waals surface area contributed by atoms with Gasteiger partial charge in [0, 0.05) is 5.92 Å². The van der Waals surface area contributed by atoms with Gasteiger partial charge in [0.1, 0.15) is 11.6 Å². The zero-order valence-corrected chi connectivity index (χ0v) is 20.2. The van der Waals surface area contributed by atoms with Crippen molar-refractivity contribution in [1.82, 2.24) is 10.3 Å². The van der Waals surface area contributed by atoms with Gasteiger partial charge in [0.15, 0.2) is 5.69 Å². The zero-order chi connectivity index (χ0) is 25.1. The van der Waals surface area contributed by atoms with Gasteiger partial charge in [-0.3, -0.25) is 0 Å². The molecule has 0 unspecified atom stereocenters. The van der Waals surface area contributed by atoms with E-state index in [-0.39, 0.29) is 24.8 Å². The molecule has 0 saturated heterocycles. The molecule has 7 nitrogen and oxygen atoms in total. The van der Waals surface area contributed by atoms with Gasteiger partial charge in [0.05, 0.1) is 30.2 Å². The highest BCUT2D eigenvalue weighted by Gasteiger charge is 2.29. The molecule has 0 radical (unpaired) electrons. The summed E-state index contributed by atoms with van der Waals surface area (Å²) in [5, 5.41) is 12.3. The second-order valence-electron chi connectivity index (χ2n) is 8.15. The minimum atomic E-state index is -0.571. The number of methoxy groups -OCH3 is 1. The number of amides is 1. The van der Waals surface area contributed by atoms with Crippen LogP contribution in [0.3, 0.4) is 0 Å². The van der Waals surface area contributed by atoms with Crippen LogP contribution >= 0.6 is 11.3 Å². The van der Waals surface area contributed by atoms with Gasteiger partial charge in [-0.15, -0.1) is 11.3 Å². The summed E-state index contributed by atoms with van der Waals surface area (Å²) in [4.78, 5) is 29.8. The largest absolute Gasteiger partial charge is 0.464 e. The van der Waals surface area contributed by atoms with Crippen molar-refractivity contribution >= 4 is 23.4 Å². The van der Waals surface area contributed by atoms with Crippen LogP contribution in [0.4, 0.5) is 4.79 Å². The zero-order valence-electron chi connectivity index (χ0n) is 19.4. The van der Waals surface area contributed by atoms with Gasteiger partial charge < -0.3 is 14.8 Å². The van der Waals surface area contributed by atoms with E-state index in [9.17, 15) is 9.59 Å². The number of alkyl carbamates (subject to hydrolysis) is 1. The molecule has 1 amide bonds. The standard InChI is InChI=1S/C28H21N3O4S/c1-34-27(32)25-26(18-12-10-17(14-29)11-13-18)36-24(31-25)15-30-28(33)35-16-23-21-8-4-2-6-19(21)20-7-3-5-9-22(20)23/h2-13,23H,15-16H2,1H3,(H,30,33). The predicted molar refractivity (Wildman–Crippen MR) is 136 cm³/mol. The maximum atomic E-state index is 12.5.